The average Bonchev–Trinajstić information content (AvgIpc) is 3.48. The van der Waals surface area contributed by atoms with Crippen LogP contribution in [-0.2, 0) is 11.3 Å². The van der Waals surface area contributed by atoms with Crippen molar-refractivity contribution in [2.24, 2.45) is 11.8 Å². The fourth-order valence-corrected chi connectivity index (χ4v) is 5.44. The number of nitrogens with zero attached hydrogens (tertiary/aromatic N) is 5. The van der Waals surface area contributed by atoms with Crippen LogP contribution < -0.4 is 10.6 Å². The molecule has 0 aliphatic heterocycles. The van der Waals surface area contributed by atoms with E-state index in [0.29, 0.717) is 30.4 Å². The van der Waals surface area contributed by atoms with E-state index in [1.165, 1.54) is 0 Å². The molecule has 39 heavy (non-hydrogen) atoms. The molecule has 0 radical (unpaired) electrons. The molecular weight excluding hydrogens is 504 g/mol. The highest BCUT2D eigenvalue weighted by molar-refractivity contribution is 5.92. The largest absolute Gasteiger partial charge is 0.347 e. The molecule has 3 aromatic rings. The van der Waals surface area contributed by atoms with Crippen molar-refractivity contribution in [1.29, 1.82) is 0 Å². The van der Waals surface area contributed by atoms with E-state index in [0.717, 1.165) is 31.4 Å². The van der Waals surface area contributed by atoms with Crippen LogP contribution in [0.15, 0.2) is 30.7 Å². The van der Waals surface area contributed by atoms with Gasteiger partial charge in [0.2, 0.25) is 17.6 Å². The molecule has 2 atom stereocenters. The number of imidazole rings is 1. The molecule has 2 fully saturated rings. The molecule has 2 saturated carbocycles. The predicted molar refractivity (Wildman–Crippen MR) is 141 cm³/mol. The van der Waals surface area contributed by atoms with Gasteiger partial charge in [0.15, 0.2) is 0 Å². The summed E-state index contributed by atoms with van der Waals surface area (Å²) in [5.74, 6) is -2.41. The average molecular weight is 542 g/mol. The number of aryl methyl sites for hydroxylation is 1. The quantitative estimate of drug-likeness (QED) is 0.355. The maximum absolute atomic E-state index is 14.0. The summed E-state index contributed by atoms with van der Waals surface area (Å²) < 4.78 is 31.5. The molecule has 0 unspecified atom stereocenters. The Morgan fingerprint density at radius 1 is 0.974 bits per heavy atom. The summed E-state index contributed by atoms with van der Waals surface area (Å²) in [7, 11) is 0. The number of carbonyl (C=O) groups excluding carboxylic acids is 2. The van der Waals surface area contributed by atoms with Crippen LogP contribution >= 0.6 is 0 Å². The van der Waals surface area contributed by atoms with Crippen molar-refractivity contribution in [1.82, 2.24) is 34.8 Å². The molecule has 0 bridgehead atoms. The first-order chi connectivity index (χ1) is 18.8. The smallest absolute Gasteiger partial charge is 0.272 e. The van der Waals surface area contributed by atoms with E-state index in [1.54, 1.807) is 27.5 Å². The number of fused-ring (bicyclic) bond motifs is 1. The minimum absolute atomic E-state index is 0.0124. The summed E-state index contributed by atoms with van der Waals surface area (Å²) in [6.45, 7) is 4.71. The lowest BCUT2D eigenvalue weighted by Gasteiger charge is -2.33. The highest BCUT2D eigenvalue weighted by atomic mass is 19.3. The van der Waals surface area contributed by atoms with E-state index in [-0.39, 0.29) is 55.2 Å². The molecule has 3 heterocycles. The van der Waals surface area contributed by atoms with Crippen LogP contribution in [0.3, 0.4) is 0 Å². The number of amides is 2. The maximum atomic E-state index is 14.0. The molecule has 210 valence electrons. The van der Waals surface area contributed by atoms with Crippen molar-refractivity contribution >= 4 is 17.6 Å². The van der Waals surface area contributed by atoms with Crippen LogP contribution in [0.2, 0.25) is 0 Å². The summed E-state index contributed by atoms with van der Waals surface area (Å²) in [6.07, 6.45) is 9.77. The number of hydrogen-bond donors (Lipinski definition) is 2. The number of carbonyl (C=O) groups is 2. The van der Waals surface area contributed by atoms with E-state index in [1.807, 2.05) is 26.1 Å². The van der Waals surface area contributed by atoms with Gasteiger partial charge in [0, 0.05) is 44.4 Å². The highest BCUT2D eigenvalue weighted by Crippen LogP contribution is 2.42. The van der Waals surface area contributed by atoms with Gasteiger partial charge in [0.05, 0.1) is 23.5 Å². The first-order valence-corrected chi connectivity index (χ1v) is 14.1. The molecule has 9 nitrogen and oxygen atoms in total. The molecule has 3 aromatic heterocycles. The van der Waals surface area contributed by atoms with Crippen LogP contribution in [0.4, 0.5) is 8.78 Å². The van der Waals surface area contributed by atoms with Gasteiger partial charge < -0.3 is 10.6 Å². The number of aromatic nitrogens is 5. The number of nitrogens with one attached hydrogen (secondary N) is 2. The van der Waals surface area contributed by atoms with E-state index in [4.69, 9.17) is 9.97 Å². The lowest BCUT2D eigenvalue weighted by molar-refractivity contribution is -0.122. The van der Waals surface area contributed by atoms with Crippen molar-refractivity contribution in [3.63, 3.8) is 0 Å². The van der Waals surface area contributed by atoms with E-state index >= 15 is 0 Å². The predicted octanol–water partition coefficient (Wildman–Crippen LogP) is 5.00. The Morgan fingerprint density at radius 2 is 1.67 bits per heavy atom. The van der Waals surface area contributed by atoms with Gasteiger partial charge >= 0.3 is 0 Å². The van der Waals surface area contributed by atoms with Crippen molar-refractivity contribution < 1.29 is 18.4 Å². The van der Waals surface area contributed by atoms with Gasteiger partial charge in [-0.15, -0.1) is 0 Å². The van der Waals surface area contributed by atoms with Gasteiger partial charge in [-0.05, 0) is 62.5 Å². The third kappa shape index (κ3) is 6.45. The molecule has 0 saturated heterocycles. The van der Waals surface area contributed by atoms with E-state index in [2.05, 4.69) is 15.7 Å². The third-order valence-electron chi connectivity index (χ3n) is 7.74. The topological polar surface area (TPSA) is 106 Å². The van der Waals surface area contributed by atoms with E-state index < -0.39 is 12.0 Å². The second-order valence-corrected chi connectivity index (χ2v) is 11.0. The number of hydrogen-bond acceptors (Lipinski definition) is 5. The lowest BCUT2D eigenvalue weighted by atomic mass is 9.81. The highest BCUT2D eigenvalue weighted by Gasteiger charge is 2.40. The molecule has 0 spiro atoms. The molecule has 11 heteroatoms. The second kappa shape index (κ2) is 11.4. The van der Waals surface area contributed by atoms with Gasteiger partial charge in [0.25, 0.3) is 5.91 Å². The van der Waals surface area contributed by atoms with Gasteiger partial charge in [-0.2, -0.15) is 5.10 Å². The van der Waals surface area contributed by atoms with Gasteiger partial charge in [-0.25, -0.2) is 18.7 Å². The Hall–Kier alpha value is -3.37. The summed E-state index contributed by atoms with van der Waals surface area (Å²) >= 11 is 0. The lowest BCUT2D eigenvalue weighted by Crippen LogP contribution is -2.37. The van der Waals surface area contributed by atoms with Crippen LogP contribution in [0, 0.1) is 11.8 Å². The van der Waals surface area contributed by atoms with Gasteiger partial charge in [-0.1, -0.05) is 13.8 Å². The monoisotopic (exact) mass is 541 g/mol. The zero-order valence-electron chi connectivity index (χ0n) is 22.6. The van der Waals surface area contributed by atoms with Gasteiger partial charge in [-0.3, -0.25) is 18.7 Å². The van der Waals surface area contributed by atoms with Crippen molar-refractivity contribution in [3.05, 3.63) is 47.8 Å². The molecule has 0 aromatic carbocycles. The fraction of sp³-hybridized carbons (Fsp3) is 0.607. The number of alkyl halides is 2. The minimum Gasteiger partial charge on any atom is -0.347 e. The SMILES string of the molecule is CCCC(=O)N[C@H](c1ccn2cc([C@@H](NC(=O)c3ccn(CCC)n3)C3CCC(F)(F)CC3)nc2n1)C1CC1. The van der Waals surface area contributed by atoms with Crippen molar-refractivity contribution in [2.75, 3.05) is 0 Å². The van der Waals surface area contributed by atoms with Gasteiger partial charge in [0.1, 0.15) is 5.69 Å². The molecule has 2 N–H and O–H groups in total. The molecule has 2 aliphatic rings. The van der Waals surface area contributed by atoms with Crippen molar-refractivity contribution in [3.8, 4) is 0 Å². The van der Waals surface area contributed by atoms with Crippen LogP contribution in [0.5, 0.6) is 0 Å². The first kappa shape index (κ1) is 27.2. The molecule has 2 amide bonds. The zero-order valence-corrected chi connectivity index (χ0v) is 22.6. The van der Waals surface area contributed by atoms with Crippen LogP contribution in [-0.4, -0.2) is 41.9 Å². The Balaban J connectivity index is 1.41. The molecule has 5 rings (SSSR count). The van der Waals surface area contributed by atoms with E-state index in [9.17, 15) is 18.4 Å². The Bertz CT molecular complexity index is 1310. The number of rotatable bonds is 11. The third-order valence-corrected chi connectivity index (χ3v) is 7.74. The summed E-state index contributed by atoms with van der Waals surface area (Å²) in [5, 5.41) is 10.5. The fourth-order valence-electron chi connectivity index (χ4n) is 5.44. The summed E-state index contributed by atoms with van der Waals surface area (Å²) in [6, 6.07) is 2.84. The Kier molecular flexibility index (Phi) is 7.95. The number of halogens is 2. The Morgan fingerprint density at radius 3 is 2.36 bits per heavy atom. The van der Waals surface area contributed by atoms with Crippen molar-refractivity contribution in [2.45, 2.75) is 96.2 Å². The molecule has 2 aliphatic carbocycles. The first-order valence-electron chi connectivity index (χ1n) is 14.1. The molecular formula is C28H37F2N7O2. The standard InChI is InChI=1S/C28H37F2N7O2/c1-3-5-23(38)33-24(18-6-7-18)20-10-15-36-17-22(32-27(36)31-20)25(19-8-12-28(29,30)13-9-19)34-26(39)21-11-16-37(35-21)14-4-2/h10-11,15-19,24-25H,3-9,12-14H2,1-2H3,(H,33,38)(H,34,39)/t24-,25-/m0/s1. The summed E-state index contributed by atoms with van der Waals surface area (Å²) in [4.78, 5) is 35.0. The minimum atomic E-state index is -2.68. The zero-order chi connectivity index (χ0) is 27.6. The Labute approximate surface area is 226 Å². The second-order valence-electron chi connectivity index (χ2n) is 11.0. The van der Waals surface area contributed by atoms with Crippen LogP contribution in [0.25, 0.3) is 5.78 Å². The normalized spacial score (nSPS) is 19.1. The van der Waals surface area contributed by atoms with Crippen LogP contribution in [0.1, 0.15) is 106 Å². The summed E-state index contributed by atoms with van der Waals surface area (Å²) in [5.41, 5.74) is 1.62. The maximum Gasteiger partial charge on any atom is 0.272 e.